The van der Waals surface area contributed by atoms with Gasteiger partial charge in [0, 0.05) is 45.6 Å². The van der Waals surface area contributed by atoms with E-state index in [1.54, 1.807) is 24.0 Å². The third kappa shape index (κ3) is 2.81. The summed E-state index contributed by atoms with van der Waals surface area (Å²) in [5.41, 5.74) is 0.623. The van der Waals surface area contributed by atoms with Gasteiger partial charge in [0.05, 0.1) is 0 Å². The van der Waals surface area contributed by atoms with E-state index in [4.69, 9.17) is 0 Å². The molecule has 1 saturated heterocycles. The molecular formula is C16H21N5O. The molecule has 1 unspecified atom stereocenters. The zero-order valence-electron chi connectivity index (χ0n) is 13.0. The molecule has 2 aromatic heterocycles. The van der Waals surface area contributed by atoms with Crippen molar-refractivity contribution in [3.05, 3.63) is 42.4 Å². The van der Waals surface area contributed by atoms with E-state index in [2.05, 4.69) is 15.0 Å². The molecule has 116 valence electrons. The first-order valence-electron chi connectivity index (χ1n) is 7.58. The van der Waals surface area contributed by atoms with Gasteiger partial charge < -0.3 is 9.80 Å². The Morgan fingerprint density at radius 3 is 2.86 bits per heavy atom. The Morgan fingerprint density at radius 1 is 1.32 bits per heavy atom. The fourth-order valence-corrected chi connectivity index (χ4v) is 2.95. The number of likely N-dealkylation sites (N-methyl/N-ethyl adjacent to an activating group) is 1. The summed E-state index contributed by atoms with van der Waals surface area (Å²) in [7, 11) is 3.67. The normalized spacial score (nSPS) is 18.3. The van der Waals surface area contributed by atoms with Gasteiger partial charge in [0.15, 0.2) is 0 Å². The van der Waals surface area contributed by atoms with Crippen LogP contribution in [0.15, 0.2) is 36.7 Å². The minimum atomic E-state index is 0.0212. The van der Waals surface area contributed by atoms with E-state index in [9.17, 15) is 4.79 Å². The summed E-state index contributed by atoms with van der Waals surface area (Å²) in [6.07, 6.45) is 5.54. The molecule has 0 aliphatic carbocycles. The number of hydrogen-bond donors (Lipinski definition) is 0. The van der Waals surface area contributed by atoms with Gasteiger partial charge in [-0.1, -0.05) is 6.07 Å². The molecule has 6 heteroatoms. The van der Waals surface area contributed by atoms with Crippen LogP contribution in [0, 0.1) is 0 Å². The van der Waals surface area contributed by atoms with Crippen molar-refractivity contribution in [3.63, 3.8) is 0 Å². The lowest BCUT2D eigenvalue weighted by Crippen LogP contribution is -2.49. The largest absolute Gasteiger partial charge is 0.355 e. The standard InChI is InChI=1S/C16H21N5O/c1-19(16(22)14-8-10-18-20(14)2)13-6-5-11-21(12-13)15-7-3-4-9-17-15/h3-4,7-10,13H,5-6,11-12H2,1-2H3. The average molecular weight is 299 g/mol. The van der Waals surface area contributed by atoms with Crippen LogP contribution in [0.3, 0.4) is 0 Å². The van der Waals surface area contributed by atoms with Crippen LogP contribution in [-0.2, 0) is 7.05 Å². The van der Waals surface area contributed by atoms with E-state index in [1.165, 1.54) is 0 Å². The number of aryl methyl sites for hydroxylation is 1. The van der Waals surface area contributed by atoms with E-state index in [0.717, 1.165) is 31.7 Å². The van der Waals surface area contributed by atoms with Crippen molar-refractivity contribution in [2.75, 3.05) is 25.0 Å². The summed E-state index contributed by atoms with van der Waals surface area (Å²) in [4.78, 5) is 21.1. The number of nitrogens with zero attached hydrogens (tertiary/aromatic N) is 5. The maximum absolute atomic E-state index is 12.6. The molecule has 0 N–H and O–H groups in total. The first-order valence-corrected chi connectivity index (χ1v) is 7.58. The smallest absolute Gasteiger partial charge is 0.272 e. The maximum Gasteiger partial charge on any atom is 0.272 e. The second-order valence-corrected chi connectivity index (χ2v) is 5.69. The van der Waals surface area contributed by atoms with Crippen LogP contribution >= 0.6 is 0 Å². The van der Waals surface area contributed by atoms with Gasteiger partial charge in [-0.2, -0.15) is 5.10 Å². The Labute approximate surface area is 130 Å². The third-order valence-corrected chi connectivity index (χ3v) is 4.28. The van der Waals surface area contributed by atoms with Crippen molar-refractivity contribution in [1.29, 1.82) is 0 Å². The van der Waals surface area contributed by atoms with Gasteiger partial charge in [-0.15, -0.1) is 0 Å². The first kappa shape index (κ1) is 14.6. The summed E-state index contributed by atoms with van der Waals surface area (Å²) < 4.78 is 1.62. The monoisotopic (exact) mass is 299 g/mol. The predicted molar refractivity (Wildman–Crippen MR) is 84.8 cm³/mol. The molecular weight excluding hydrogens is 278 g/mol. The SMILES string of the molecule is CN(C(=O)c1ccnn1C)C1CCCN(c2ccccn2)C1. The van der Waals surface area contributed by atoms with Crippen LogP contribution in [0.2, 0.25) is 0 Å². The Hall–Kier alpha value is -2.37. The second kappa shape index (κ2) is 6.17. The molecule has 1 amide bonds. The number of carbonyl (C=O) groups is 1. The summed E-state index contributed by atoms with van der Waals surface area (Å²) in [5.74, 6) is 1.00. The van der Waals surface area contributed by atoms with Gasteiger partial charge in [0.25, 0.3) is 5.91 Å². The number of anilines is 1. The van der Waals surface area contributed by atoms with Gasteiger partial charge in [0.1, 0.15) is 11.5 Å². The van der Waals surface area contributed by atoms with E-state index >= 15 is 0 Å². The highest BCUT2D eigenvalue weighted by molar-refractivity contribution is 5.92. The van der Waals surface area contributed by atoms with E-state index in [0.29, 0.717) is 5.69 Å². The maximum atomic E-state index is 12.6. The average Bonchev–Trinajstić information content (AvgIpc) is 3.00. The number of pyridine rings is 1. The summed E-state index contributed by atoms with van der Waals surface area (Å²) in [6, 6.07) is 7.89. The molecule has 6 nitrogen and oxygen atoms in total. The lowest BCUT2D eigenvalue weighted by Gasteiger charge is -2.38. The van der Waals surface area contributed by atoms with Crippen molar-refractivity contribution in [2.45, 2.75) is 18.9 Å². The summed E-state index contributed by atoms with van der Waals surface area (Å²) >= 11 is 0. The Kier molecular flexibility index (Phi) is 4.09. The van der Waals surface area contributed by atoms with Crippen LogP contribution in [0.25, 0.3) is 0 Å². The van der Waals surface area contributed by atoms with Gasteiger partial charge >= 0.3 is 0 Å². The second-order valence-electron chi connectivity index (χ2n) is 5.69. The van der Waals surface area contributed by atoms with Crippen molar-refractivity contribution < 1.29 is 4.79 Å². The van der Waals surface area contributed by atoms with Crippen molar-refractivity contribution >= 4 is 11.7 Å². The van der Waals surface area contributed by atoms with Crippen LogP contribution in [-0.4, -0.2) is 51.8 Å². The molecule has 0 spiro atoms. The van der Waals surface area contributed by atoms with Crippen LogP contribution in [0.1, 0.15) is 23.3 Å². The van der Waals surface area contributed by atoms with Crippen molar-refractivity contribution in [3.8, 4) is 0 Å². The van der Waals surface area contributed by atoms with Gasteiger partial charge in [-0.25, -0.2) is 4.98 Å². The Bertz CT molecular complexity index is 639. The van der Waals surface area contributed by atoms with Gasteiger partial charge in [-0.3, -0.25) is 9.48 Å². The van der Waals surface area contributed by atoms with Gasteiger partial charge in [0.2, 0.25) is 0 Å². The highest BCUT2D eigenvalue weighted by Crippen LogP contribution is 2.21. The van der Waals surface area contributed by atoms with Crippen LogP contribution in [0.4, 0.5) is 5.82 Å². The topological polar surface area (TPSA) is 54.3 Å². The van der Waals surface area contributed by atoms with E-state index in [-0.39, 0.29) is 11.9 Å². The van der Waals surface area contributed by atoms with E-state index in [1.807, 2.05) is 36.3 Å². The molecule has 1 aliphatic heterocycles. The summed E-state index contributed by atoms with van der Waals surface area (Å²) in [6.45, 7) is 1.80. The molecule has 0 radical (unpaired) electrons. The minimum absolute atomic E-state index is 0.0212. The van der Waals surface area contributed by atoms with E-state index < -0.39 is 0 Å². The Balaban J connectivity index is 1.72. The van der Waals surface area contributed by atoms with Crippen LogP contribution < -0.4 is 4.90 Å². The molecule has 0 saturated carbocycles. The van der Waals surface area contributed by atoms with Crippen molar-refractivity contribution in [2.24, 2.45) is 7.05 Å². The lowest BCUT2D eigenvalue weighted by atomic mass is 10.0. The number of carbonyl (C=O) groups excluding carboxylic acids is 1. The zero-order chi connectivity index (χ0) is 15.5. The minimum Gasteiger partial charge on any atom is -0.355 e. The highest BCUT2D eigenvalue weighted by Gasteiger charge is 2.28. The molecule has 0 aromatic carbocycles. The lowest BCUT2D eigenvalue weighted by molar-refractivity contribution is 0.0706. The quantitative estimate of drug-likeness (QED) is 0.863. The highest BCUT2D eigenvalue weighted by atomic mass is 16.2. The molecule has 0 bridgehead atoms. The predicted octanol–water partition coefficient (Wildman–Crippen LogP) is 1.56. The fraction of sp³-hybridized carbons (Fsp3) is 0.438. The molecule has 1 fully saturated rings. The third-order valence-electron chi connectivity index (χ3n) is 4.28. The zero-order valence-corrected chi connectivity index (χ0v) is 13.0. The van der Waals surface area contributed by atoms with Gasteiger partial charge in [-0.05, 0) is 31.0 Å². The molecule has 2 aromatic rings. The van der Waals surface area contributed by atoms with Crippen LogP contribution in [0.5, 0.6) is 0 Å². The summed E-state index contributed by atoms with van der Waals surface area (Å²) in [5, 5.41) is 4.08. The number of amides is 1. The fourth-order valence-electron chi connectivity index (χ4n) is 2.95. The Morgan fingerprint density at radius 2 is 2.18 bits per heavy atom. The molecule has 3 heterocycles. The molecule has 1 aliphatic rings. The number of aromatic nitrogens is 3. The van der Waals surface area contributed by atoms with Crippen molar-refractivity contribution in [1.82, 2.24) is 19.7 Å². The molecule has 22 heavy (non-hydrogen) atoms. The first-order chi connectivity index (χ1) is 10.7. The number of rotatable bonds is 3. The molecule has 3 rings (SSSR count). The number of piperidine rings is 1. The number of hydrogen-bond acceptors (Lipinski definition) is 4. The molecule has 1 atom stereocenters.